The van der Waals surface area contributed by atoms with E-state index in [2.05, 4.69) is 17.2 Å². The van der Waals surface area contributed by atoms with Gasteiger partial charge in [-0.2, -0.15) is 0 Å². The summed E-state index contributed by atoms with van der Waals surface area (Å²) < 4.78 is 13.5. The molecule has 2 atom stereocenters. The van der Waals surface area contributed by atoms with Crippen LogP contribution in [-0.2, 0) is 0 Å². The SMILES string of the molecule is CC(CC(NC(CO)c1ccccc1)=C1CC1)c1c[nH]c2cc(F)ccc12. The first-order chi connectivity index (χ1) is 13.2. The smallest absolute Gasteiger partial charge is 0.125 e. The van der Waals surface area contributed by atoms with E-state index in [-0.39, 0.29) is 24.4 Å². The molecule has 4 rings (SSSR count). The third kappa shape index (κ3) is 3.91. The molecule has 1 fully saturated rings. The number of fused-ring (bicyclic) bond motifs is 1. The van der Waals surface area contributed by atoms with Crippen molar-refractivity contribution in [3.05, 3.63) is 82.9 Å². The summed E-state index contributed by atoms with van der Waals surface area (Å²) in [5, 5.41) is 14.6. The van der Waals surface area contributed by atoms with Gasteiger partial charge in [-0.05, 0) is 54.5 Å². The summed E-state index contributed by atoms with van der Waals surface area (Å²) in [6, 6.07) is 14.9. The molecule has 1 aliphatic rings. The molecular formula is C23H25FN2O. The van der Waals surface area contributed by atoms with Gasteiger partial charge in [0.1, 0.15) is 5.82 Å². The average molecular weight is 364 g/mol. The second-order valence-corrected chi connectivity index (χ2v) is 7.41. The molecule has 0 bridgehead atoms. The van der Waals surface area contributed by atoms with Crippen molar-refractivity contribution in [3.63, 3.8) is 0 Å². The van der Waals surface area contributed by atoms with Gasteiger partial charge >= 0.3 is 0 Å². The number of halogens is 1. The number of nitrogens with one attached hydrogen (secondary N) is 2. The number of hydrogen-bond donors (Lipinski definition) is 3. The van der Waals surface area contributed by atoms with Crippen LogP contribution in [0, 0.1) is 5.82 Å². The van der Waals surface area contributed by atoms with Crippen LogP contribution in [0.2, 0.25) is 0 Å². The Morgan fingerprint density at radius 1 is 1.19 bits per heavy atom. The number of aromatic amines is 1. The van der Waals surface area contributed by atoms with E-state index < -0.39 is 0 Å². The van der Waals surface area contributed by atoms with Crippen LogP contribution >= 0.6 is 0 Å². The number of H-pyrrole nitrogens is 1. The molecule has 0 spiro atoms. The summed E-state index contributed by atoms with van der Waals surface area (Å²) >= 11 is 0. The first-order valence-corrected chi connectivity index (χ1v) is 9.55. The number of hydrogen-bond acceptors (Lipinski definition) is 2. The molecule has 0 amide bonds. The standard InChI is InChI=1S/C23H25FN2O/c1-15(20-13-25-22-12-18(24)9-10-19(20)22)11-21(17-7-8-17)26-23(14-27)16-5-3-2-4-6-16/h2-6,9-10,12-13,15,23,25-27H,7-8,11,14H2,1H3. The van der Waals surface area contributed by atoms with E-state index in [1.54, 1.807) is 6.07 Å². The van der Waals surface area contributed by atoms with Gasteiger partial charge in [-0.3, -0.25) is 0 Å². The van der Waals surface area contributed by atoms with Gasteiger partial charge in [0.05, 0.1) is 12.6 Å². The molecule has 2 aromatic carbocycles. The Labute approximate surface area is 158 Å². The highest BCUT2D eigenvalue weighted by molar-refractivity contribution is 5.83. The molecule has 0 radical (unpaired) electrons. The van der Waals surface area contributed by atoms with Gasteiger partial charge in [-0.15, -0.1) is 0 Å². The van der Waals surface area contributed by atoms with Crippen LogP contribution in [0.3, 0.4) is 0 Å². The number of allylic oxidation sites excluding steroid dienone is 2. The van der Waals surface area contributed by atoms with Crippen LogP contribution in [0.1, 0.15) is 49.3 Å². The van der Waals surface area contributed by atoms with Crippen molar-refractivity contribution in [2.75, 3.05) is 6.61 Å². The quantitative estimate of drug-likeness (QED) is 0.541. The summed E-state index contributed by atoms with van der Waals surface area (Å²) in [5.41, 5.74) is 5.81. The second kappa shape index (κ2) is 7.57. The second-order valence-electron chi connectivity index (χ2n) is 7.41. The van der Waals surface area contributed by atoms with Gasteiger partial charge < -0.3 is 15.4 Å². The zero-order chi connectivity index (χ0) is 18.8. The number of aromatic nitrogens is 1. The average Bonchev–Trinajstić information content (AvgIpc) is 3.45. The maximum absolute atomic E-state index is 13.5. The molecule has 1 heterocycles. The Bertz CT molecular complexity index is 955. The van der Waals surface area contributed by atoms with Crippen LogP contribution in [0.15, 0.2) is 66.0 Å². The van der Waals surface area contributed by atoms with Crippen molar-refractivity contribution in [2.24, 2.45) is 0 Å². The molecule has 1 aliphatic carbocycles. The zero-order valence-corrected chi connectivity index (χ0v) is 15.5. The predicted molar refractivity (Wildman–Crippen MR) is 107 cm³/mol. The molecule has 0 saturated heterocycles. The summed E-state index contributed by atoms with van der Waals surface area (Å²) in [7, 11) is 0. The van der Waals surface area contributed by atoms with Crippen LogP contribution in [-0.4, -0.2) is 16.7 Å². The third-order valence-corrected chi connectivity index (χ3v) is 5.38. The van der Waals surface area contributed by atoms with Gasteiger partial charge in [-0.25, -0.2) is 4.39 Å². The molecule has 0 aliphatic heterocycles. The lowest BCUT2D eigenvalue weighted by Gasteiger charge is -2.23. The van der Waals surface area contributed by atoms with Gasteiger partial charge in [0.2, 0.25) is 0 Å². The Kier molecular flexibility index (Phi) is 4.99. The van der Waals surface area contributed by atoms with Crippen molar-refractivity contribution in [1.29, 1.82) is 0 Å². The molecule has 3 N–H and O–H groups in total. The number of aliphatic hydroxyl groups is 1. The predicted octanol–water partition coefficient (Wildman–Crippen LogP) is 5.17. The molecular weight excluding hydrogens is 339 g/mol. The largest absolute Gasteiger partial charge is 0.394 e. The number of rotatable bonds is 7. The zero-order valence-electron chi connectivity index (χ0n) is 15.5. The fraction of sp³-hybridized carbons (Fsp3) is 0.304. The van der Waals surface area contributed by atoms with Gasteiger partial charge in [-0.1, -0.05) is 42.8 Å². The number of benzene rings is 2. The molecule has 2 unspecified atom stereocenters. The molecule has 27 heavy (non-hydrogen) atoms. The molecule has 3 aromatic rings. The van der Waals surface area contributed by atoms with E-state index in [1.807, 2.05) is 42.6 Å². The van der Waals surface area contributed by atoms with Crippen LogP contribution < -0.4 is 5.32 Å². The van der Waals surface area contributed by atoms with Gasteiger partial charge in [0.15, 0.2) is 0 Å². The van der Waals surface area contributed by atoms with E-state index >= 15 is 0 Å². The highest BCUT2D eigenvalue weighted by Gasteiger charge is 2.23. The summed E-state index contributed by atoms with van der Waals surface area (Å²) in [4.78, 5) is 3.19. The molecule has 3 nitrogen and oxygen atoms in total. The van der Waals surface area contributed by atoms with Crippen molar-refractivity contribution in [1.82, 2.24) is 10.3 Å². The van der Waals surface area contributed by atoms with E-state index in [9.17, 15) is 9.50 Å². The van der Waals surface area contributed by atoms with Crippen LogP contribution in [0.4, 0.5) is 4.39 Å². The minimum absolute atomic E-state index is 0.0571. The Morgan fingerprint density at radius 2 is 1.96 bits per heavy atom. The lowest BCUT2D eigenvalue weighted by molar-refractivity contribution is 0.250. The molecule has 140 valence electrons. The summed E-state index contributed by atoms with van der Waals surface area (Å²) in [6.07, 6.45) is 5.12. The van der Waals surface area contributed by atoms with Crippen molar-refractivity contribution in [2.45, 2.75) is 38.1 Å². The first kappa shape index (κ1) is 17.8. The van der Waals surface area contributed by atoms with Gasteiger partial charge in [0, 0.05) is 22.8 Å². The Morgan fingerprint density at radius 3 is 2.67 bits per heavy atom. The first-order valence-electron chi connectivity index (χ1n) is 9.55. The van der Waals surface area contributed by atoms with Crippen LogP contribution in [0.5, 0.6) is 0 Å². The molecule has 1 saturated carbocycles. The molecule has 4 heteroatoms. The fourth-order valence-electron chi connectivity index (χ4n) is 3.74. The third-order valence-electron chi connectivity index (χ3n) is 5.38. The highest BCUT2D eigenvalue weighted by atomic mass is 19.1. The maximum Gasteiger partial charge on any atom is 0.125 e. The minimum atomic E-state index is -0.223. The normalized spacial score (nSPS) is 15.6. The summed E-state index contributed by atoms with van der Waals surface area (Å²) in [6.45, 7) is 2.26. The minimum Gasteiger partial charge on any atom is -0.394 e. The van der Waals surface area contributed by atoms with Crippen LogP contribution in [0.25, 0.3) is 10.9 Å². The topological polar surface area (TPSA) is 48.0 Å². The lowest BCUT2D eigenvalue weighted by atomic mass is 9.94. The van der Waals surface area contributed by atoms with E-state index in [1.165, 1.54) is 22.9 Å². The van der Waals surface area contributed by atoms with E-state index in [0.29, 0.717) is 0 Å². The van der Waals surface area contributed by atoms with E-state index in [4.69, 9.17) is 0 Å². The maximum atomic E-state index is 13.5. The van der Waals surface area contributed by atoms with Crippen molar-refractivity contribution >= 4 is 10.9 Å². The molecule has 1 aromatic heterocycles. The van der Waals surface area contributed by atoms with Crippen molar-refractivity contribution < 1.29 is 9.50 Å². The number of aliphatic hydroxyl groups excluding tert-OH is 1. The Balaban J connectivity index is 1.54. The Hall–Kier alpha value is -2.59. The van der Waals surface area contributed by atoms with Gasteiger partial charge in [0.25, 0.3) is 0 Å². The fourth-order valence-corrected chi connectivity index (χ4v) is 3.74. The summed E-state index contributed by atoms with van der Waals surface area (Å²) in [5.74, 6) is 0.0644. The monoisotopic (exact) mass is 364 g/mol. The van der Waals surface area contributed by atoms with Crippen molar-refractivity contribution in [3.8, 4) is 0 Å². The van der Waals surface area contributed by atoms with E-state index in [0.717, 1.165) is 35.7 Å². The lowest BCUT2D eigenvalue weighted by Crippen LogP contribution is -2.25. The highest BCUT2D eigenvalue weighted by Crippen LogP contribution is 2.37.